The molecule has 2 heterocycles. The number of nitrogens with zero attached hydrogens (tertiary/aromatic N) is 3. The maximum atomic E-state index is 15.3. The number of hydrogen-bond donors (Lipinski definition) is 2. The van der Waals surface area contributed by atoms with E-state index in [1.165, 1.54) is 45.5 Å². The first-order chi connectivity index (χ1) is 20.6. The molecule has 0 fully saturated rings. The summed E-state index contributed by atoms with van der Waals surface area (Å²) in [6.45, 7) is -3.12. The number of carbonyl (C=O) groups excluding carboxylic acids is 1. The van der Waals surface area contributed by atoms with Gasteiger partial charge in [-0.15, -0.1) is 0 Å². The molecular formula is C28H26F4N4O7. The molecule has 0 aliphatic rings. The van der Waals surface area contributed by atoms with Crippen molar-refractivity contribution < 1.29 is 46.4 Å². The van der Waals surface area contributed by atoms with Gasteiger partial charge >= 0.3 is 6.61 Å². The first-order valence-corrected chi connectivity index (χ1v) is 12.6. The minimum atomic E-state index is -3.08. The molecule has 228 valence electrons. The third kappa shape index (κ3) is 6.72. The predicted octanol–water partition coefficient (Wildman–Crippen LogP) is 4.15. The normalized spacial score (nSPS) is 11.0. The van der Waals surface area contributed by atoms with Crippen LogP contribution in [0.15, 0.2) is 53.3 Å². The van der Waals surface area contributed by atoms with Crippen molar-refractivity contribution in [2.45, 2.75) is 13.0 Å². The van der Waals surface area contributed by atoms with Crippen molar-refractivity contribution in [3.05, 3.63) is 76.1 Å². The number of rotatable bonds is 12. The minimum Gasteiger partial charge on any atom is -0.497 e. The summed E-state index contributed by atoms with van der Waals surface area (Å²) in [5.41, 5.74) is -2.54. The number of ether oxygens (including phenoxy) is 4. The van der Waals surface area contributed by atoms with Crippen molar-refractivity contribution in [3.63, 3.8) is 0 Å². The zero-order chi connectivity index (χ0) is 31.3. The lowest BCUT2D eigenvalue weighted by molar-refractivity contribution is -0.0498. The number of alkyl halides is 2. The SMILES string of the molecule is COc1cc(OCCCO)nc(-n2c(=O)c(NC(=O)c3ccc(OC(F)F)cc3)c(-c3c(F)cc(OC)cc3F)n2C)c1. The van der Waals surface area contributed by atoms with Gasteiger partial charge in [-0.2, -0.15) is 18.4 Å². The molecule has 0 bridgehead atoms. The van der Waals surface area contributed by atoms with Crippen LogP contribution in [0.2, 0.25) is 0 Å². The minimum absolute atomic E-state index is 0.0240. The van der Waals surface area contributed by atoms with Crippen LogP contribution in [0, 0.1) is 11.6 Å². The summed E-state index contributed by atoms with van der Waals surface area (Å²) < 4.78 is 77.8. The zero-order valence-electron chi connectivity index (χ0n) is 23.1. The summed E-state index contributed by atoms with van der Waals surface area (Å²) in [4.78, 5) is 31.3. The highest BCUT2D eigenvalue weighted by molar-refractivity contribution is 6.06. The van der Waals surface area contributed by atoms with E-state index >= 15 is 8.78 Å². The van der Waals surface area contributed by atoms with Crippen LogP contribution in [0.5, 0.6) is 23.1 Å². The molecule has 43 heavy (non-hydrogen) atoms. The van der Waals surface area contributed by atoms with E-state index in [1.54, 1.807) is 0 Å². The number of methoxy groups -OCH3 is 2. The van der Waals surface area contributed by atoms with Gasteiger partial charge < -0.3 is 29.4 Å². The highest BCUT2D eigenvalue weighted by Gasteiger charge is 2.28. The molecule has 0 aliphatic heterocycles. The lowest BCUT2D eigenvalue weighted by atomic mass is 10.1. The lowest BCUT2D eigenvalue weighted by Gasteiger charge is -2.14. The van der Waals surface area contributed by atoms with Gasteiger partial charge in [-0.3, -0.25) is 14.3 Å². The van der Waals surface area contributed by atoms with E-state index in [1.807, 2.05) is 0 Å². The number of anilines is 1. The largest absolute Gasteiger partial charge is 0.497 e. The summed E-state index contributed by atoms with van der Waals surface area (Å²) >= 11 is 0. The molecular weight excluding hydrogens is 580 g/mol. The maximum Gasteiger partial charge on any atom is 0.387 e. The average Bonchev–Trinajstić information content (AvgIpc) is 3.21. The number of nitrogens with one attached hydrogen (secondary N) is 1. The van der Waals surface area contributed by atoms with Crippen LogP contribution >= 0.6 is 0 Å². The maximum absolute atomic E-state index is 15.3. The van der Waals surface area contributed by atoms with E-state index in [9.17, 15) is 18.4 Å². The van der Waals surface area contributed by atoms with Gasteiger partial charge in [0.25, 0.3) is 11.5 Å². The summed E-state index contributed by atoms with van der Waals surface area (Å²) in [5, 5.41) is 11.4. The van der Waals surface area contributed by atoms with Gasteiger partial charge in [-0.25, -0.2) is 8.78 Å². The number of carbonyl (C=O) groups is 1. The van der Waals surface area contributed by atoms with E-state index in [0.29, 0.717) is 6.42 Å². The fourth-order valence-corrected chi connectivity index (χ4v) is 4.14. The molecule has 4 rings (SSSR count). The second-order valence-corrected chi connectivity index (χ2v) is 8.82. The number of hydrogen-bond acceptors (Lipinski definition) is 8. The molecule has 0 unspecified atom stereocenters. The molecule has 11 nitrogen and oxygen atoms in total. The zero-order valence-corrected chi connectivity index (χ0v) is 23.1. The summed E-state index contributed by atoms with van der Waals surface area (Å²) in [5.74, 6) is -3.26. The van der Waals surface area contributed by atoms with Gasteiger partial charge in [0.2, 0.25) is 5.88 Å². The fourth-order valence-electron chi connectivity index (χ4n) is 4.14. The smallest absolute Gasteiger partial charge is 0.387 e. The van der Waals surface area contributed by atoms with E-state index in [4.69, 9.17) is 19.3 Å². The molecule has 0 atom stereocenters. The Morgan fingerprint density at radius 3 is 2.21 bits per heavy atom. The Hall–Kier alpha value is -5.05. The molecule has 0 spiro atoms. The highest BCUT2D eigenvalue weighted by Crippen LogP contribution is 2.34. The Morgan fingerprint density at radius 2 is 1.63 bits per heavy atom. The Bertz CT molecular complexity index is 1650. The first kappa shape index (κ1) is 30.9. The quantitative estimate of drug-likeness (QED) is 0.182. The number of aliphatic hydroxyl groups is 1. The van der Waals surface area contributed by atoms with Gasteiger partial charge in [-0.1, -0.05) is 0 Å². The molecule has 2 aromatic heterocycles. The van der Waals surface area contributed by atoms with Gasteiger partial charge in [-0.05, 0) is 24.3 Å². The molecule has 0 radical (unpaired) electrons. The Morgan fingerprint density at radius 1 is 1.00 bits per heavy atom. The number of aromatic nitrogens is 3. The van der Waals surface area contributed by atoms with Crippen LogP contribution < -0.4 is 29.8 Å². The van der Waals surface area contributed by atoms with Gasteiger partial charge in [0.1, 0.15) is 40.3 Å². The average molecular weight is 607 g/mol. The van der Waals surface area contributed by atoms with Gasteiger partial charge in [0, 0.05) is 49.9 Å². The Labute approximate surface area is 241 Å². The van der Waals surface area contributed by atoms with Crippen molar-refractivity contribution in [3.8, 4) is 40.2 Å². The number of aliphatic hydroxyl groups excluding tert-OH is 1. The molecule has 1 amide bonds. The predicted molar refractivity (Wildman–Crippen MR) is 145 cm³/mol. The Balaban J connectivity index is 1.88. The Kier molecular flexibility index (Phi) is 9.55. The molecule has 4 aromatic rings. The van der Waals surface area contributed by atoms with Crippen molar-refractivity contribution in [2.24, 2.45) is 7.05 Å². The summed E-state index contributed by atoms with van der Waals surface area (Å²) in [7, 11) is 3.90. The first-order valence-electron chi connectivity index (χ1n) is 12.6. The third-order valence-corrected chi connectivity index (χ3v) is 6.10. The third-order valence-electron chi connectivity index (χ3n) is 6.10. The molecule has 2 aromatic carbocycles. The van der Waals surface area contributed by atoms with Crippen molar-refractivity contribution in [2.75, 3.05) is 32.8 Å². The second kappa shape index (κ2) is 13.3. The monoisotopic (exact) mass is 606 g/mol. The highest BCUT2D eigenvalue weighted by atomic mass is 19.3. The fraction of sp³-hybridized carbons (Fsp3) is 0.250. The van der Waals surface area contributed by atoms with Crippen LogP contribution in [-0.2, 0) is 7.05 Å². The van der Waals surface area contributed by atoms with Crippen LogP contribution in [-0.4, -0.2) is 59.4 Å². The van der Waals surface area contributed by atoms with Crippen LogP contribution in [0.1, 0.15) is 16.8 Å². The standard InChI is InChI=1S/C28H26F4N4O7/c1-35-25(23-19(29)11-17(40-2)12-20(23)30)24(34-26(38)15-5-7-16(8-6-15)43-28(31)32)27(39)36(35)21-13-18(41-3)14-22(33-21)42-10-4-9-37/h5-8,11-14,28,37H,4,9-10H2,1-3H3,(H,34,38). The van der Waals surface area contributed by atoms with Gasteiger partial charge in [0.15, 0.2) is 5.82 Å². The van der Waals surface area contributed by atoms with Crippen LogP contribution in [0.3, 0.4) is 0 Å². The molecule has 2 N–H and O–H groups in total. The topological polar surface area (TPSA) is 126 Å². The van der Waals surface area contributed by atoms with E-state index in [-0.39, 0.29) is 53.4 Å². The number of amides is 1. The molecule has 0 saturated heterocycles. The van der Waals surface area contributed by atoms with E-state index in [0.717, 1.165) is 33.6 Å². The van der Waals surface area contributed by atoms with E-state index in [2.05, 4.69) is 15.0 Å². The summed E-state index contributed by atoms with van der Waals surface area (Å²) in [6.07, 6.45) is 0.296. The van der Waals surface area contributed by atoms with Crippen molar-refractivity contribution in [1.82, 2.24) is 14.3 Å². The van der Waals surface area contributed by atoms with Crippen LogP contribution in [0.25, 0.3) is 17.1 Å². The number of benzene rings is 2. The summed E-state index contributed by atoms with van der Waals surface area (Å²) in [6, 6.07) is 9.18. The number of halogens is 4. The second-order valence-electron chi connectivity index (χ2n) is 8.82. The van der Waals surface area contributed by atoms with Crippen molar-refractivity contribution in [1.29, 1.82) is 0 Å². The lowest BCUT2D eigenvalue weighted by Crippen LogP contribution is -2.24. The molecule has 0 saturated carbocycles. The van der Waals surface area contributed by atoms with Crippen molar-refractivity contribution >= 4 is 11.6 Å². The molecule has 0 aliphatic carbocycles. The molecule has 15 heteroatoms. The van der Waals surface area contributed by atoms with E-state index < -0.39 is 41.0 Å². The van der Waals surface area contributed by atoms with Crippen LogP contribution in [0.4, 0.5) is 23.2 Å². The van der Waals surface area contributed by atoms with Gasteiger partial charge in [0.05, 0.1) is 26.4 Å². The number of pyridine rings is 1.